The summed E-state index contributed by atoms with van der Waals surface area (Å²) in [7, 11) is 0. The van der Waals surface area contributed by atoms with Crippen molar-refractivity contribution in [1.29, 1.82) is 0 Å². The van der Waals surface area contributed by atoms with Crippen LogP contribution < -0.4 is 10.6 Å². The zero-order valence-electron chi connectivity index (χ0n) is 14.8. The maximum absolute atomic E-state index is 13.1. The maximum atomic E-state index is 13.1. The first-order chi connectivity index (χ1) is 12.3. The highest BCUT2D eigenvalue weighted by Crippen LogP contribution is 2.46. The Labute approximate surface area is 157 Å². The molecule has 0 saturated carbocycles. The Hall–Kier alpha value is -2.46. The summed E-state index contributed by atoms with van der Waals surface area (Å²) in [5.41, 5.74) is 3.90. The fourth-order valence-electron chi connectivity index (χ4n) is 3.88. The lowest BCUT2D eigenvalue weighted by Gasteiger charge is -2.34. The van der Waals surface area contributed by atoms with Gasteiger partial charge in [0.1, 0.15) is 5.75 Å². The van der Waals surface area contributed by atoms with Crippen LogP contribution in [0.3, 0.4) is 0 Å². The molecule has 0 spiro atoms. The van der Waals surface area contributed by atoms with Crippen molar-refractivity contribution in [3.8, 4) is 5.75 Å². The Morgan fingerprint density at radius 2 is 1.85 bits per heavy atom. The number of halogens is 1. The molecule has 4 rings (SSSR count). The first kappa shape index (κ1) is 17.0. The molecule has 1 unspecified atom stereocenters. The van der Waals surface area contributed by atoms with E-state index in [9.17, 15) is 9.90 Å². The minimum absolute atomic E-state index is 0.0911. The van der Waals surface area contributed by atoms with Crippen LogP contribution in [0, 0.1) is 5.41 Å². The van der Waals surface area contributed by atoms with Gasteiger partial charge in [-0.15, -0.1) is 0 Å². The van der Waals surface area contributed by atoms with Gasteiger partial charge in [-0.05, 0) is 42.2 Å². The van der Waals surface area contributed by atoms with Gasteiger partial charge in [0.2, 0.25) is 0 Å². The summed E-state index contributed by atoms with van der Waals surface area (Å²) in [4.78, 5) is 13.1. The van der Waals surface area contributed by atoms with E-state index < -0.39 is 6.04 Å². The van der Waals surface area contributed by atoms with E-state index in [4.69, 9.17) is 11.6 Å². The van der Waals surface area contributed by atoms with Gasteiger partial charge in [-0.3, -0.25) is 4.79 Å². The maximum Gasteiger partial charge on any atom is 0.163 e. The van der Waals surface area contributed by atoms with E-state index in [1.54, 1.807) is 18.2 Å². The van der Waals surface area contributed by atoms with Crippen LogP contribution in [0.4, 0.5) is 11.4 Å². The minimum atomic E-state index is -0.455. The monoisotopic (exact) mass is 368 g/mol. The van der Waals surface area contributed by atoms with Gasteiger partial charge < -0.3 is 15.7 Å². The number of rotatable bonds is 1. The third kappa shape index (κ3) is 2.95. The number of ketones is 1. The molecule has 1 aliphatic heterocycles. The van der Waals surface area contributed by atoms with Gasteiger partial charge in [-0.25, -0.2) is 0 Å². The van der Waals surface area contributed by atoms with Crippen LogP contribution in [0.1, 0.15) is 38.3 Å². The van der Waals surface area contributed by atoms with Gasteiger partial charge in [0, 0.05) is 28.3 Å². The molecule has 1 heterocycles. The standard InChI is InChI=1S/C21H21ClN2O2/c1-21(2)10-16-19(18(26)11-21)20(13-9-12(22)7-8-17(13)25)24-15-6-4-3-5-14(15)23-16/h3-9,20,23-25H,10-11H2,1-2H3. The molecule has 4 nitrogen and oxygen atoms in total. The number of fused-ring (bicyclic) bond motifs is 1. The molecule has 0 saturated heterocycles. The summed E-state index contributed by atoms with van der Waals surface area (Å²) in [5.74, 6) is 0.212. The number of benzene rings is 2. The summed E-state index contributed by atoms with van der Waals surface area (Å²) < 4.78 is 0. The predicted octanol–water partition coefficient (Wildman–Crippen LogP) is 5.27. The molecule has 134 valence electrons. The molecule has 0 radical (unpaired) electrons. The average Bonchev–Trinajstić information content (AvgIpc) is 2.72. The number of carbonyl (C=O) groups is 1. The Bertz CT molecular complexity index is 933. The van der Waals surface area contributed by atoms with Crippen molar-refractivity contribution in [1.82, 2.24) is 0 Å². The highest BCUT2D eigenvalue weighted by atomic mass is 35.5. The lowest BCUT2D eigenvalue weighted by atomic mass is 9.73. The van der Waals surface area contributed by atoms with E-state index in [-0.39, 0.29) is 16.9 Å². The Morgan fingerprint density at radius 1 is 1.12 bits per heavy atom. The van der Waals surface area contributed by atoms with Crippen molar-refractivity contribution >= 4 is 28.8 Å². The second-order valence-electron chi connectivity index (χ2n) is 7.78. The Kier molecular flexibility index (Phi) is 3.96. The third-order valence-corrected chi connectivity index (χ3v) is 5.26. The van der Waals surface area contributed by atoms with Crippen LogP contribution in [-0.2, 0) is 4.79 Å². The number of phenols is 1. The second-order valence-corrected chi connectivity index (χ2v) is 8.22. The minimum Gasteiger partial charge on any atom is -0.508 e. The van der Waals surface area contributed by atoms with Gasteiger partial charge in [0.25, 0.3) is 0 Å². The van der Waals surface area contributed by atoms with Crippen molar-refractivity contribution in [2.24, 2.45) is 5.41 Å². The zero-order valence-corrected chi connectivity index (χ0v) is 15.5. The number of para-hydroxylation sites is 2. The van der Waals surface area contributed by atoms with Crippen LogP contribution in [0.2, 0.25) is 5.02 Å². The van der Waals surface area contributed by atoms with Crippen LogP contribution in [0.25, 0.3) is 0 Å². The van der Waals surface area contributed by atoms with Crippen LogP contribution in [0.15, 0.2) is 53.7 Å². The lowest BCUT2D eigenvalue weighted by Crippen LogP contribution is -2.31. The van der Waals surface area contributed by atoms with E-state index in [1.807, 2.05) is 24.3 Å². The van der Waals surface area contributed by atoms with Crippen LogP contribution in [0.5, 0.6) is 5.75 Å². The quantitative estimate of drug-likeness (QED) is 0.641. The van der Waals surface area contributed by atoms with Gasteiger partial charge >= 0.3 is 0 Å². The van der Waals surface area contributed by atoms with Crippen LogP contribution >= 0.6 is 11.6 Å². The fourth-order valence-corrected chi connectivity index (χ4v) is 4.06. The molecule has 2 aliphatic rings. The SMILES string of the molecule is CC1(C)CC(=O)C2=C(C1)Nc1ccccc1NC2c1cc(Cl)ccc1O. The number of carbonyl (C=O) groups excluding carboxylic acids is 1. The number of anilines is 2. The number of Topliss-reactive ketones (excluding diaryl/α,β-unsaturated/α-hetero) is 1. The molecule has 2 aromatic rings. The zero-order chi connectivity index (χ0) is 18.5. The topological polar surface area (TPSA) is 61.4 Å². The predicted molar refractivity (Wildman–Crippen MR) is 105 cm³/mol. The van der Waals surface area contributed by atoms with Crippen molar-refractivity contribution in [2.45, 2.75) is 32.7 Å². The number of phenolic OH excluding ortho intramolecular Hbond substituents is 1. The summed E-state index contributed by atoms with van der Waals surface area (Å²) in [6.45, 7) is 4.21. The molecular weight excluding hydrogens is 348 g/mol. The summed E-state index contributed by atoms with van der Waals surface area (Å²) in [5, 5.41) is 17.9. The molecular formula is C21H21ClN2O2. The van der Waals surface area contributed by atoms with Gasteiger partial charge in [-0.1, -0.05) is 37.6 Å². The van der Waals surface area contributed by atoms with E-state index in [0.717, 1.165) is 23.5 Å². The normalized spacial score (nSPS) is 21.2. The Balaban J connectivity index is 1.93. The molecule has 0 aromatic heterocycles. The van der Waals surface area contributed by atoms with Crippen molar-refractivity contribution in [2.75, 3.05) is 10.6 Å². The average molecular weight is 369 g/mol. The van der Waals surface area contributed by atoms with Crippen molar-refractivity contribution in [3.05, 3.63) is 64.3 Å². The molecule has 3 N–H and O–H groups in total. The molecule has 26 heavy (non-hydrogen) atoms. The highest BCUT2D eigenvalue weighted by molar-refractivity contribution is 6.30. The summed E-state index contributed by atoms with van der Waals surface area (Å²) in [6.07, 6.45) is 1.24. The molecule has 1 aliphatic carbocycles. The second kappa shape index (κ2) is 6.06. The largest absolute Gasteiger partial charge is 0.508 e. The number of hydrogen-bond acceptors (Lipinski definition) is 4. The van der Waals surface area contributed by atoms with Gasteiger partial charge in [0.15, 0.2) is 5.78 Å². The van der Waals surface area contributed by atoms with E-state index in [1.165, 1.54) is 0 Å². The molecule has 1 atom stereocenters. The molecule has 0 fully saturated rings. The number of hydrogen-bond donors (Lipinski definition) is 3. The number of aromatic hydroxyl groups is 1. The lowest BCUT2D eigenvalue weighted by molar-refractivity contribution is -0.118. The van der Waals surface area contributed by atoms with E-state index >= 15 is 0 Å². The number of allylic oxidation sites excluding steroid dienone is 1. The van der Waals surface area contributed by atoms with Gasteiger partial charge in [0.05, 0.1) is 17.4 Å². The van der Waals surface area contributed by atoms with Crippen molar-refractivity contribution < 1.29 is 9.90 Å². The summed E-state index contributed by atoms with van der Waals surface area (Å²) >= 11 is 6.18. The fraction of sp³-hybridized carbons (Fsp3) is 0.286. The Morgan fingerprint density at radius 3 is 2.62 bits per heavy atom. The third-order valence-electron chi connectivity index (χ3n) is 5.02. The first-order valence-corrected chi connectivity index (χ1v) is 9.09. The molecule has 5 heteroatoms. The van der Waals surface area contributed by atoms with Crippen LogP contribution in [-0.4, -0.2) is 10.9 Å². The van der Waals surface area contributed by atoms with Gasteiger partial charge in [-0.2, -0.15) is 0 Å². The number of nitrogens with one attached hydrogen (secondary N) is 2. The summed E-state index contributed by atoms with van der Waals surface area (Å²) in [6, 6.07) is 12.3. The highest BCUT2D eigenvalue weighted by Gasteiger charge is 2.39. The molecule has 0 amide bonds. The van der Waals surface area contributed by atoms with E-state index in [2.05, 4.69) is 24.5 Å². The molecule has 0 bridgehead atoms. The van der Waals surface area contributed by atoms with E-state index in [0.29, 0.717) is 22.6 Å². The smallest absolute Gasteiger partial charge is 0.163 e. The first-order valence-electron chi connectivity index (χ1n) is 8.71. The van der Waals surface area contributed by atoms with Crippen molar-refractivity contribution in [3.63, 3.8) is 0 Å². The molecule has 2 aromatic carbocycles.